The molecule has 3 atom stereocenters. The molecule has 2 bridgehead atoms. The van der Waals surface area contributed by atoms with Crippen molar-refractivity contribution in [3.8, 4) is 11.5 Å². The lowest BCUT2D eigenvalue weighted by atomic mass is 10.0. The lowest BCUT2D eigenvalue weighted by molar-refractivity contribution is 0.0696. The summed E-state index contributed by atoms with van der Waals surface area (Å²) >= 11 is 0. The molecule has 2 aliphatic carbocycles. The molecule has 4 heteroatoms. The smallest absolute Gasteiger partial charge is 0.254 e. The molecule has 1 aliphatic heterocycles. The topological polar surface area (TPSA) is 38.4 Å². The van der Waals surface area contributed by atoms with Gasteiger partial charge in [-0.25, -0.2) is 0 Å². The van der Waals surface area contributed by atoms with E-state index in [0.29, 0.717) is 17.9 Å². The highest BCUT2D eigenvalue weighted by Gasteiger charge is 2.46. The highest BCUT2D eigenvalue weighted by atomic mass is 16.3. The number of nitrogens with zero attached hydrogens (tertiary/aromatic N) is 2. The number of likely N-dealkylation sites (tertiary alicyclic amines) is 1. The number of hydrogen-bond donors (Lipinski definition) is 0. The Bertz CT molecular complexity index is 1410. The molecule has 3 heterocycles. The number of piperidine rings is 1. The Morgan fingerprint density at radius 3 is 2.67 bits per heavy atom. The Hall–Kier alpha value is -3.01. The molecule has 2 aromatic carbocycles. The average Bonchev–Trinajstić information content (AvgIpc) is 3.24. The zero-order valence-electron chi connectivity index (χ0n) is 19.4. The van der Waals surface area contributed by atoms with Gasteiger partial charge in [0.15, 0.2) is 5.76 Å². The van der Waals surface area contributed by atoms with Crippen LogP contribution in [-0.2, 0) is 6.54 Å². The van der Waals surface area contributed by atoms with Gasteiger partial charge in [-0.3, -0.25) is 4.79 Å². The summed E-state index contributed by atoms with van der Waals surface area (Å²) in [5.41, 5.74) is 5.14. The van der Waals surface area contributed by atoms with E-state index in [4.69, 9.17) is 4.42 Å². The summed E-state index contributed by atoms with van der Waals surface area (Å²) < 4.78 is 8.94. The molecule has 2 unspecified atom stereocenters. The van der Waals surface area contributed by atoms with E-state index < -0.39 is 0 Å². The van der Waals surface area contributed by atoms with Crippen molar-refractivity contribution in [1.29, 1.82) is 0 Å². The molecule has 168 valence electrons. The number of furan rings is 1. The molecule has 2 saturated carbocycles. The maximum absolute atomic E-state index is 13.4. The molecule has 3 fully saturated rings. The Morgan fingerprint density at radius 1 is 1.06 bits per heavy atom. The highest BCUT2D eigenvalue weighted by Crippen LogP contribution is 2.43. The maximum atomic E-state index is 13.4. The molecule has 4 aromatic rings. The minimum atomic E-state index is 0.161. The summed E-state index contributed by atoms with van der Waals surface area (Å²) in [6.07, 6.45) is 5.04. The normalized spacial score (nSPS) is 24.4. The van der Waals surface area contributed by atoms with Crippen molar-refractivity contribution in [2.45, 2.75) is 52.1 Å². The lowest BCUT2D eigenvalue weighted by Crippen LogP contribution is -2.38. The molecule has 0 N–H and O–H groups in total. The van der Waals surface area contributed by atoms with Crippen molar-refractivity contribution < 1.29 is 9.21 Å². The summed E-state index contributed by atoms with van der Waals surface area (Å²) in [6.45, 7) is 6.40. The van der Waals surface area contributed by atoms with Crippen molar-refractivity contribution in [2.75, 3.05) is 6.54 Å². The number of fused-ring (bicyclic) bond motifs is 4. The summed E-state index contributed by atoms with van der Waals surface area (Å²) in [5.74, 6) is 3.17. The molecule has 0 spiro atoms. The van der Waals surface area contributed by atoms with Crippen LogP contribution in [0.2, 0.25) is 0 Å². The molecule has 4 nitrogen and oxygen atoms in total. The number of carbonyl (C=O) groups excluding carboxylic acids is 1. The first-order valence-corrected chi connectivity index (χ1v) is 12.5. The van der Waals surface area contributed by atoms with Crippen molar-refractivity contribution in [1.82, 2.24) is 9.47 Å². The van der Waals surface area contributed by atoms with Gasteiger partial charge in [0.05, 0.1) is 5.69 Å². The number of benzene rings is 2. The van der Waals surface area contributed by atoms with Crippen LogP contribution in [-0.4, -0.2) is 28.0 Å². The van der Waals surface area contributed by atoms with Crippen molar-refractivity contribution >= 4 is 27.8 Å². The average molecular weight is 439 g/mol. The fourth-order valence-corrected chi connectivity index (χ4v) is 6.47. The molecular weight excluding hydrogens is 408 g/mol. The standard InChI is InChI=1S/C29H30N2O2/c1-17-22-10-12-24(17)31(16-22)29(32)21-9-11-23-18(2)28(33-27(23)14-21)26-13-20-5-3-4-6-25(20)30(26)15-19-7-8-19/h3-6,9,11,13-14,17,19,22,24H,7-8,10,12,15-16H2,1-2H3/t17-,22?,24?/m1/s1. The molecule has 7 rings (SSSR count). The van der Waals surface area contributed by atoms with Crippen LogP contribution in [0.3, 0.4) is 0 Å². The first kappa shape index (κ1) is 19.5. The summed E-state index contributed by atoms with van der Waals surface area (Å²) in [4.78, 5) is 15.5. The van der Waals surface area contributed by atoms with Gasteiger partial charge >= 0.3 is 0 Å². The monoisotopic (exact) mass is 438 g/mol. The van der Waals surface area contributed by atoms with Gasteiger partial charge in [0, 0.05) is 46.5 Å². The fraction of sp³-hybridized carbons (Fsp3) is 0.414. The van der Waals surface area contributed by atoms with Crippen molar-refractivity contribution in [3.63, 3.8) is 0 Å². The van der Waals surface area contributed by atoms with Crippen molar-refractivity contribution in [3.05, 3.63) is 59.7 Å². The van der Waals surface area contributed by atoms with Crippen LogP contribution in [0.25, 0.3) is 33.3 Å². The van der Waals surface area contributed by atoms with Gasteiger partial charge < -0.3 is 13.9 Å². The molecular formula is C29H30N2O2. The Balaban J connectivity index is 1.30. The van der Waals surface area contributed by atoms with Crippen LogP contribution in [0.1, 0.15) is 48.5 Å². The largest absolute Gasteiger partial charge is 0.454 e. The number of amides is 1. The minimum absolute atomic E-state index is 0.161. The van der Waals surface area contributed by atoms with E-state index in [0.717, 1.165) is 59.0 Å². The zero-order chi connectivity index (χ0) is 22.3. The number of aromatic nitrogens is 1. The number of para-hydroxylation sites is 1. The lowest BCUT2D eigenvalue weighted by Gasteiger charge is -2.27. The van der Waals surface area contributed by atoms with Crippen LogP contribution in [0.15, 0.2) is 52.9 Å². The second kappa shape index (κ2) is 6.99. The molecule has 33 heavy (non-hydrogen) atoms. The van der Waals surface area contributed by atoms with Gasteiger partial charge in [-0.15, -0.1) is 0 Å². The highest BCUT2D eigenvalue weighted by molar-refractivity contribution is 6.00. The fourth-order valence-electron chi connectivity index (χ4n) is 6.47. The van der Waals surface area contributed by atoms with Gasteiger partial charge in [0.1, 0.15) is 5.58 Å². The van der Waals surface area contributed by atoms with Gasteiger partial charge in [-0.1, -0.05) is 31.2 Å². The predicted octanol–water partition coefficient (Wildman–Crippen LogP) is 6.64. The first-order chi connectivity index (χ1) is 16.1. The van der Waals surface area contributed by atoms with Crippen LogP contribution >= 0.6 is 0 Å². The minimum Gasteiger partial charge on any atom is -0.454 e. The Kier molecular flexibility index (Phi) is 4.12. The predicted molar refractivity (Wildman–Crippen MR) is 131 cm³/mol. The van der Waals surface area contributed by atoms with Crippen LogP contribution in [0.4, 0.5) is 0 Å². The van der Waals surface area contributed by atoms with Crippen LogP contribution in [0, 0.1) is 24.7 Å². The van der Waals surface area contributed by atoms with Crippen LogP contribution in [0.5, 0.6) is 0 Å². The Labute approximate surface area is 194 Å². The van der Waals surface area contributed by atoms with E-state index in [1.54, 1.807) is 0 Å². The third kappa shape index (κ3) is 2.92. The van der Waals surface area contributed by atoms with Gasteiger partial charge in [0.25, 0.3) is 5.91 Å². The van der Waals surface area contributed by atoms with Gasteiger partial charge in [-0.2, -0.15) is 0 Å². The number of hydrogen-bond acceptors (Lipinski definition) is 2. The third-order valence-corrected chi connectivity index (χ3v) is 8.64. The molecule has 1 saturated heterocycles. The SMILES string of the molecule is Cc1c(-c2cc3ccccc3n2CC2CC2)oc2cc(C(=O)N3CC4CCC3[C@@H]4C)ccc12. The number of aryl methyl sites for hydroxylation is 1. The molecule has 2 aromatic heterocycles. The summed E-state index contributed by atoms with van der Waals surface area (Å²) in [6, 6.07) is 17.3. The first-order valence-electron chi connectivity index (χ1n) is 12.5. The summed E-state index contributed by atoms with van der Waals surface area (Å²) in [5, 5.41) is 2.35. The second-order valence-electron chi connectivity index (χ2n) is 10.6. The summed E-state index contributed by atoms with van der Waals surface area (Å²) in [7, 11) is 0. The number of carbonyl (C=O) groups is 1. The van der Waals surface area contributed by atoms with E-state index in [9.17, 15) is 4.79 Å². The van der Waals surface area contributed by atoms with E-state index in [-0.39, 0.29) is 5.91 Å². The third-order valence-electron chi connectivity index (χ3n) is 8.64. The number of rotatable bonds is 4. The van der Waals surface area contributed by atoms with E-state index in [2.05, 4.69) is 59.7 Å². The van der Waals surface area contributed by atoms with E-state index in [1.807, 2.05) is 12.1 Å². The second-order valence-corrected chi connectivity index (χ2v) is 10.6. The molecule has 1 amide bonds. The maximum Gasteiger partial charge on any atom is 0.254 e. The molecule has 3 aliphatic rings. The van der Waals surface area contributed by atoms with Gasteiger partial charge in [0.2, 0.25) is 0 Å². The van der Waals surface area contributed by atoms with E-state index in [1.165, 1.54) is 30.2 Å². The Morgan fingerprint density at radius 2 is 1.91 bits per heavy atom. The van der Waals surface area contributed by atoms with Crippen LogP contribution < -0.4 is 0 Å². The molecule has 0 radical (unpaired) electrons. The zero-order valence-corrected chi connectivity index (χ0v) is 19.4. The quantitative estimate of drug-likeness (QED) is 0.358. The van der Waals surface area contributed by atoms with Gasteiger partial charge in [-0.05, 0) is 74.6 Å². The van der Waals surface area contributed by atoms with Crippen molar-refractivity contribution in [2.24, 2.45) is 17.8 Å². The van der Waals surface area contributed by atoms with E-state index >= 15 is 0 Å².